The highest BCUT2D eigenvalue weighted by Gasteiger charge is 2.26. The van der Waals surface area contributed by atoms with Crippen LogP contribution >= 0.6 is 0 Å². The van der Waals surface area contributed by atoms with E-state index in [0.717, 1.165) is 11.2 Å². The van der Waals surface area contributed by atoms with E-state index < -0.39 is 12.1 Å². The number of hydrogen-bond donors (Lipinski definition) is 0. The molecule has 1 saturated heterocycles. The van der Waals surface area contributed by atoms with Gasteiger partial charge in [-0.15, -0.1) is 0 Å². The first-order chi connectivity index (χ1) is 10.1. The molecule has 0 amide bonds. The standard InChI is InChI=1S/C14H14BFN2O3/c1-8-4-5-17-14(18-8)21-10-3-2-9(15)11(12(10)16)13-19-6-7-20-13/h2-5,13H,6-7,15H2,1H3. The second-order valence-corrected chi connectivity index (χ2v) is 4.76. The van der Waals surface area contributed by atoms with Gasteiger partial charge >= 0.3 is 6.01 Å². The Balaban J connectivity index is 1.94. The Hall–Kier alpha value is -1.99. The monoisotopic (exact) mass is 288 g/mol. The molecule has 0 radical (unpaired) electrons. The fraction of sp³-hybridized carbons (Fsp3) is 0.286. The molecule has 0 spiro atoms. The van der Waals surface area contributed by atoms with Crippen LogP contribution in [0.4, 0.5) is 4.39 Å². The molecule has 7 heteroatoms. The molecule has 0 bridgehead atoms. The van der Waals surface area contributed by atoms with Crippen LogP contribution in [0.15, 0.2) is 24.4 Å². The minimum Gasteiger partial charge on any atom is -0.421 e. The van der Waals surface area contributed by atoms with E-state index in [-0.39, 0.29) is 11.8 Å². The van der Waals surface area contributed by atoms with Crippen molar-refractivity contribution in [2.24, 2.45) is 0 Å². The topological polar surface area (TPSA) is 53.5 Å². The lowest BCUT2D eigenvalue weighted by Crippen LogP contribution is -2.18. The fourth-order valence-electron chi connectivity index (χ4n) is 2.14. The average Bonchev–Trinajstić information content (AvgIpc) is 2.96. The van der Waals surface area contributed by atoms with E-state index in [4.69, 9.17) is 14.2 Å². The highest BCUT2D eigenvalue weighted by Crippen LogP contribution is 2.30. The molecule has 1 aliphatic rings. The van der Waals surface area contributed by atoms with E-state index in [1.54, 1.807) is 32.2 Å². The van der Waals surface area contributed by atoms with Gasteiger partial charge in [0.1, 0.15) is 7.85 Å². The Morgan fingerprint density at radius 3 is 2.76 bits per heavy atom. The molecule has 0 unspecified atom stereocenters. The first kappa shape index (κ1) is 14.0. The number of hydrogen-bond acceptors (Lipinski definition) is 5. The molecular weight excluding hydrogens is 274 g/mol. The summed E-state index contributed by atoms with van der Waals surface area (Å²) in [5, 5.41) is 0. The summed E-state index contributed by atoms with van der Waals surface area (Å²) >= 11 is 0. The Bertz CT molecular complexity index is 663. The molecule has 2 aromatic rings. The zero-order chi connectivity index (χ0) is 14.8. The van der Waals surface area contributed by atoms with E-state index >= 15 is 0 Å². The van der Waals surface area contributed by atoms with Crippen LogP contribution in [0.2, 0.25) is 0 Å². The maximum Gasteiger partial charge on any atom is 0.322 e. The van der Waals surface area contributed by atoms with Gasteiger partial charge in [0, 0.05) is 17.5 Å². The molecular formula is C14H14BFN2O3. The molecule has 3 rings (SSSR count). The summed E-state index contributed by atoms with van der Waals surface area (Å²) in [6, 6.07) is 5.16. The van der Waals surface area contributed by atoms with Crippen LogP contribution in [0.1, 0.15) is 17.5 Å². The van der Waals surface area contributed by atoms with Crippen LogP contribution in [0.3, 0.4) is 0 Å². The number of nitrogens with zero attached hydrogens (tertiary/aromatic N) is 2. The lowest BCUT2D eigenvalue weighted by molar-refractivity contribution is -0.0458. The van der Waals surface area contributed by atoms with Crippen molar-refractivity contribution in [3.63, 3.8) is 0 Å². The van der Waals surface area contributed by atoms with E-state index in [2.05, 4.69) is 9.97 Å². The third kappa shape index (κ3) is 2.89. The molecule has 0 aliphatic carbocycles. The van der Waals surface area contributed by atoms with Crippen molar-refractivity contribution >= 4 is 13.3 Å². The summed E-state index contributed by atoms with van der Waals surface area (Å²) in [6.07, 6.45) is 0.875. The Labute approximate surface area is 122 Å². The number of benzene rings is 1. The van der Waals surface area contributed by atoms with Crippen molar-refractivity contribution in [2.45, 2.75) is 13.2 Å². The normalized spacial score (nSPS) is 15.3. The van der Waals surface area contributed by atoms with Gasteiger partial charge in [-0.25, -0.2) is 14.4 Å². The summed E-state index contributed by atoms with van der Waals surface area (Å²) in [4.78, 5) is 8.06. The maximum absolute atomic E-state index is 14.6. The van der Waals surface area contributed by atoms with Gasteiger partial charge in [0.25, 0.3) is 0 Å². The van der Waals surface area contributed by atoms with Crippen molar-refractivity contribution in [3.8, 4) is 11.8 Å². The Morgan fingerprint density at radius 1 is 1.29 bits per heavy atom. The largest absolute Gasteiger partial charge is 0.421 e. The van der Waals surface area contributed by atoms with Gasteiger partial charge in [-0.05, 0) is 19.1 Å². The van der Waals surface area contributed by atoms with Crippen LogP contribution in [0.25, 0.3) is 0 Å². The zero-order valence-electron chi connectivity index (χ0n) is 11.8. The van der Waals surface area contributed by atoms with Crippen molar-refractivity contribution < 1.29 is 18.6 Å². The molecule has 1 aromatic carbocycles. The van der Waals surface area contributed by atoms with Gasteiger partial charge in [0.05, 0.1) is 13.2 Å². The molecule has 0 N–H and O–H groups in total. The quantitative estimate of drug-likeness (QED) is 0.789. The van der Waals surface area contributed by atoms with Gasteiger partial charge in [0.15, 0.2) is 17.9 Å². The number of halogens is 1. The van der Waals surface area contributed by atoms with Crippen molar-refractivity contribution in [1.29, 1.82) is 0 Å². The number of aromatic nitrogens is 2. The van der Waals surface area contributed by atoms with Gasteiger partial charge in [-0.2, -0.15) is 0 Å². The van der Waals surface area contributed by atoms with Crippen LogP contribution in [0.5, 0.6) is 11.8 Å². The minimum atomic E-state index is -0.688. The second kappa shape index (κ2) is 5.79. The lowest BCUT2D eigenvalue weighted by atomic mass is 9.89. The van der Waals surface area contributed by atoms with Gasteiger partial charge in [0.2, 0.25) is 0 Å². The van der Waals surface area contributed by atoms with E-state index in [9.17, 15) is 4.39 Å². The van der Waals surface area contributed by atoms with Crippen LogP contribution in [0, 0.1) is 12.7 Å². The lowest BCUT2D eigenvalue weighted by Gasteiger charge is -2.16. The van der Waals surface area contributed by atoms with Gasteiger partial charge in [-0.1, -0.05) is 11.5 Å². The second-order valence-electron chi connectivity index (χ2n) is 4.76. The molecule has 21 heavy (non-hydrogen) atoms. The highest BCUT2D eigenvalue weighted by molar-refractivity contribution is 6.33. The predicted octanol–water partition coefficient (Wildman–Crippen LogP) is 1.02. The van der Waals surface area contributed by atoms with Gasteiger partial charge < -0.3 is 14.2 Å². The summed E-state index contributed by atoms with van der Waals surface area (Å²) in [5.74, 6) is -0.452. The number of rotatable bonds is 3. The SMILES string of the molecule is Bc1ccc(Oc2nccc(C)n2)c(F)c1C1OCCO1. The summed E-state index contributed by atoms with van der Waals surface area (Å²) in [7, 11) is 1.80. The fourth-order valence-corrected chi connectivity index (χ4v) is 2.14. The van der Waals surface area contributed by atoms with Crippen LogP contribution in [-0.4, -0.2) is 31.0 Å². The predicted molar refractivity (Wildman–Crippen MR) is 76.1 cm³/mol. The molecule has 1 aliphatic heterocycles. The van der Waals surface area contributed by atoms with E-state index in [0.29, 0.717) is 18.8 Å². The molecule has 1 fully saturated rings. The first-order valence-electron chi connectivity index (χ1n) is 6.65. The average molecular weight is 288 g/mol. The van der Waals surface area contributed by atoms with Crippen LogP contribution < -0.4 is 10.2 Å². The highest BCUT2D eigenvalue weighted by atomic mass is 19.1. The smallest absolute Gasteiger partial charge is 0.322 e. The Morgan fingerprint density at radius 2 is 2.05 bits per heavy atom. The minimum absolute atomic E-state index is 0.0558. The van der Waals surface area contributed by atoms with Crippen molar-refractivity contribution in [3.05, 3.63) is 41.5 Å². The van der Waals surface area contributed by atoms with Crippen molar-refractivity contribution in [1.82, 2.24) is 9.97 Å². The maximum atomic E-state index is 14.6. The Kier molecular flexibility index (Phi) is 3.85. The first-order valence-corrected chi connectivity index (χ1v) is 6.65. The summed E-state index contributed by atoms with van der Waals surface area (Å²) < 4.78 is 30.8. The van der Waals surface area contributed by atoms with E-state index in [1.807, 2.05) is 6.92 Å². The zero-order valence-corrected chi connectivity index (χ0v) is 11.8. The third-order valence-electron chi connectivity index (χ3n) is 3.19. The molecule has 108 valence electrons. The number of ether oxygens (including phenoxy) is 3. The molecule has 2 heterocycles. The van der Waals surface area contributed by atoms with E-state index in [1.165, 1.54) is 0 Å². The summed E-state index contributed by atoms with van der Waals surface area (Å²) in [6.45, 7) is 2.72. The number of aryl methyl sites for hydroxylation is 1. The molecule has 0 saturated carbocycles. The molecule has 1 aromatic heterocycles. The molecule has 0 atom stereocenters. The van der Waals surface area contributed by atoms with Gasteiger partial charge in [-0.3, -0.25) is 0 Å². The third-order valence-corrected chi connectivity index (χ3v) is 3.19. The van der Waals surface area contributed by atoms with Crippen LogP contribution in [-0.2, 0) is 9.47 Å². The van der Waals surface area contributed by atoms with Crippen molar-refractivity contribution in [2.75, 3.05) is 13.2 Å². The molecule has 5 nitrogen and oxygen atoms in total. The summed E-state index contributed by atoms with van der Waals surface area (Å²) in [5.41, 5.74) is 1.85.